The van der Waals surface area contributed by atoms with E-state index in [1.165, 1.54) is 0 Å². The molecule has 1 saturated heterocycles. The molecule has 2 aromatic rings. The Morgan fingerprint density at radius 1 is 1.12 bits per heavy atom. The zero-order valence-electron chi connectivity index (χ0n) is 13.6. The van der Waals surface area contributed by atoms with Gasteiger partial charge in [-0.25, -0.2) is 0 Å². The van der Waals surface area contributed by atoms with Crippen LogP contribution >= 0.6 is 0 Å². The molecule has 2 aliphatic rings. The summed E-state index contributed by atoms with van der Waals surface area (Å²) in [7, 11) is 0. The predicted octanol–water partition coefficient (Wildman–Crippen LogP) is 1.54. The smallest absolute Gasteiger partial charge is 0.270 e. The lowest BCUT2D eigenvalue weighted by Crippen LogP contribution is -2.38. The van der Waals surface area contributed by atoms with E-state index in [0.29, 0.717) is 32.2 Å². The van der Waals surface area contributed by atoms with Crippen LogP contribution in [0.2, 0.25) is 0 Å². The van der Waals surface area contributed by atoms with Crippen LogP contribution in [0.4, 0.5) is 5.69 Å². The van der Waals surface area contributed by atoms with Crippen molar-refractivity contribution in [2.75, 3.05) is 31.1 Å². The molecule has 0 spiro atoms. The number of hydrogen-bond donors (Lipinski definition) is 1. The van der Waals surface area contributed by atoms with Gasteiger partial charge in [-0.2, -0.15) is 0 Å². The van der Waals surface area contributed by atoms with Crippen molar-refractivity contribution in [2.24, 2.45) is 0 Å². The fraction of sp³-hybridized carbons (Fsp3) is 0.444. The molecule has 6 nitrogen and oxygen atoms in total. The van der Waals surface area contributed by atoms with E-state index in [1.807, 2.05) is 30.5 Å². The first-order chi connectivity index (χ1) is 11.7. The van der Waals surface area contributed by atoms with E-state index in [0.717, 1.165) is 24.2 Å². The maximum Gasteiger partial charge on any atom is 0.270 e. The lowest BCUT2D eigenvalue weighted by Gasteiger charge is -2.23. The van der Waals surface area contributed by atoms with Gasteiger partial charge in [0.2, 0.25) is 0 Å². The summed E-state index contributed by atoms with van der Waals surface area (Å²) in [6, 6.07) is 8.16. The minimum absolute atomic E-state index is 0.0162. The first-order valence-corrected chi connectivity index (χ1v) is 8.51. The van der Waals surface area contributed by atoms with Crippen LogP contribution in [0, 0.1) is 0 Å². The average molecular weight is 326 g/mol. The SMILES string of the molecule is O=C(c1cccn1C1CC1)N1CCN(c2ccncc2)CC(O)C1. The van der Waals surface area contributed by atoms with Crippen molar-refractivity contribution in [3.63, 3.8) is 0 Å². The number of aliphatic hydroxyl groups is 1. The van der Waals surface area contributed by atoms with Crippen LogP contribution in [0.1, 0.15) is 29.4 Å². The lowest BCUT2D eigenvalue weighted by atomic mass is 10.3. The van der Waals surface area contributed by atoms with Gasteiger partial charge in [0.1, 0.15) is 5.69 Å². The minimum Gasteiger partial charge on any atom is -0.389 e. The first kappa shape index (κ1) is 15.2. The normalized spacial score (nSPS) is 21.6. The summed E-state index contributed by atoms with van der Waals surface area (Å²) in [5, 5.41) is 10.4. The number of anilines is 1. The first-order valence-electron chi connectivity index (χ1n) is 8.51. The Bertz CT molecular complexity index is 711. The van der Waals surface area contributed by atoms with Crippen molar-refractivity contribution in [3.05, 3.63) is 48.5 Å². The Balaban J connectivity index is 1.50. The molecule has 6 heteroatoms. The number of nitrogens with zero attached hydrogens (tertiary/aromatic N) is 4. The number of rotatable bonds is 3. The summed E-state index contributed by atoms with van der Waals surface area (Å²) < 4.78 is 2.08. The van der Waals surface area contributed by atoms with Gasteiger partial charge in [0, 0.05) is 56.5 Å². The van der Waals surface area contributed by atoms with Gasteiger partial charge in [-0.15, -0.1) is 0 Å². The molecule has 3 heterocycles. The van der Waals surface area contributed by atoms with E-state index in [2.05, 4.69) is 14.5 Å². The Labute approximate surface area is 141 Å². The molecule has 4 rings (SSSR count). The largest absolute Gasteiger partial charge is 0.389 e. The van der Waals surface area contributed by atoms with Gasteiger partial charge in [0.05, 0.1) is 6.10 Å². The van der Waals surface area contributed by atoms with Crippen molar-refractivity contribution in [3.8, 4) is 0 Å². The van der Waals surface area contributed by atoms with Crippen LogP contribution in [0.3, 0.4) is 0 Å². The molecule has 1 amide bonds. The van der Waals surface area contributed by atoms with Gasteiger partial charge >= 0.3 is 0 Å². The number of amides is 1. The summed E-state index contributed by atoms with van der Waals surface area (Å²) in [4.78, 5) is 20.8. The van der Waals surface area contributed by atoms with Crippen molar-refractivity contribution in [2.45, 2.75) is 25.0 Å². The van der Waals surface area contributed by atoms with Crippen molar-refractivity contribution in [1.29, 1.82) is 0 Å². The van der Waals surface area contributed by atoms with Crippen LogP contribution in [-0.2, 0) is 0 Å². The van der Waals surface area contributed by atoms with Crippen molar-refractivity contribution in [1.82, 2.24) is 14.5 Å². The highest BCUT2D eigenvalue weighted by molar-refractivity contribution is 5.93. The quantitative estimate of drug-likeness (QED) is 0.929. The monoisotopic (exact) mass is 326 g/mol. The molecular weight excluding hydrogens is 304 g/mol. The standard InChI is InChI=1S/C18H22N4O2/c23-16-12-20(14-5-7-19-8-6-14)10-11-21(13-16)18(24)17-2-1-9-22(17)15-3-4-15/h1-2,5-9,15-16,23H,3-4,10-13H2. The predicted molar refractivity (Wildman–Crippen MR) is 91.1 cm³/mol. The number of aliphatic hydroxyl groups excluding tert-OH is 1. The molecule has 2 aromatic heterocycles. The van der Waals surface area contributed by atoms with E-state index in [4.69, 9.17) is 0 Å². The molecule has 1 aliphatic heterocycles. The van der Waals surface area contributed by atoms with Gasteiger partial charge in [0.25, 0.3) is 5.91 Å². The number of carbonyl (C=O) groups excluding carboxylic acids is 1. The second kappa shape index (κ2) is 6.28. The Kier molecular flexibility index (Phi) is 3.98. The topological polar surface area (TPSA) is 61.6 Å². The molecule has 1 saturated carbocycles. The van der Waals surface area contributed by atoms with E-state index in [9.17, 15) is 9.90 Å². The van der Waals surface area contributed by atoms with Crippen LogP contribution in [0.25, 0.3) is 0 Å². The van der Waals surface area contributed by atoms with Gasteiger partial charge in [-0.1, -0.05) is 0 Å². The number of carbonyl (C=O) groups is 1. The summed E-state index contributed by atoms with van der Waals surface area (Å²) in [5.41, 5.74) is 1.77. The third-order valence-electron chi connectivity index (χ3n) is 4.76. The van der Waals surface area contributed by atoms with E-state index in [1.54, 1.807) is 17.3 Å². The highest BCUT2D eigenvalue weighted by Gasteiger charge is 2.30. The molecule has 0 bridgehead atoms. The molecule has 126 valence electrons. The molecule has 1 atom stereocenters. The highest BCUT2D eigenvalue weighted by Crippen LogP contribution is 2.36. The molecule has 1 N–H and O–H groups in total. The van der Waals surface area contributed by atoms with Crippen LogP contribution in [0.5, 0.6) is 0 Å². The second-order valence-corrected chi connectivity index (χ2v) is 6.59. The minimum atomic E-state index is -0.561. The summed E-state index contributed by atoms with van der Waals surface area (Å²) in [6.07, 6.45) is 7.22. The van der Waals surface area contributed by atoms with Gasteiger partial charge in [0.15, 0.2) is 0 Å². The molecule has 2 fully saturated rings. The van der Waals surface area contributed by atoms with E-state index >= 15 is 0 Å². The number of pyridine rings is 1. The number of hydrogen-bond acceptors (Lipinski definition) is 4. The molecule has 0 radical (unpaired) electrons. The molecule has 1 aliphatic carbocycles. The van der Waals surface area contributed by atoms with Crippen molar-refractivity contribution >= 4 is 11.6 Å². The maximum absolute atomic E-state index is 12.9. The van der Waals surface area contributed by atoms with Crippen LogP contribution < -0.4 is 4.90 Å². The lowest BCUT2D eigenvalue weighted by molar-refractivity contribution is 0.0663. The van der Waals surface area contributed by atoms with Crippen LogP contribution in [-0.4, -0.2) is 57.7 Å². The summed E-state index contributed by atoms with van der Waals surface area (Å²) in [5.74, 6) is 0.0162. The average Bonchev–Trinajstić information content (AvgIpc) is 3.37. The van der Waals surface area contributed by atoms with E-state index in [-0.39, 0.29) is 5.91 Å². The Morgan fingerprint density at radius 2 is 1.92 bits per heavy atom. The zero-order valence-corrected chi connectivity index (χ0v) is 13.6. The zero-order chi connectivity index (χ0) is 16.5. The molecule has 24 heavy (non-hydrogen) atoms. The summed E-state index contributed by atoms with van der Waals surface area (Å²) >= 11 is 0. The number of aromatic nitrogens is 2. The van der Waals surface area contributed by atoms with Crippen molar-refractivity contribution < 1.29 is 9.90 Å². The Morgan fingerprint density at radius 3 is 2.67 bits per heavy atom. The number of β-amino-alcohol motifs (C(OH)–C–C–N with tert-alkyl or cyclic N) is 1. The fourth-order valence-corrected chi connectivity index (χ4v) is 3.37. The summed E-state index contributed by atoms with van der Waals surface area (Å²) in [6.45, 7) is 2.21. The van der Waals surface area contributed by atoms with Gasteiger partial charge in [-0.05, 0) is 37.1 Å². The highest BCUT2D eigenvalue weighted by atomic mass is 16.3. The van der Waals surface area contributed by atoms with Gasteiger partial charge in [-0.3, -0.25) is 9.78 Å². The van der Waals surface area contributed by atoms with Crippen LogP contribution in [0.15, 0.2) is 42.9 Å². The third kappa shape index (κ3) is 3.01. The maximum atomic E-state index is 12.9. The molecule has 0 aromatic carbocycles. The second-order valence-electron chi connectivity index (χ2n) is 6.59. The Hall–Kier alpha value is -2.34. The fourth-order valence-electron chi connectivity index (χ4n) is 3.37. The van der Waals surface area contributed by atoms with Gasteiger partial charge < -0.3 is 19.5 Å². The molecular formula is C18H22N4O2. The van der Waals surface area contributed by atoms with E-state index < -0.39 is 6.10 Å². The molecule has 1 unspecified atom stereocenters. The third-order valence-corrected chi connectivity index (χ3v) is 4.76.